The van der Waals surface area contributed by atoms with Gasteiger partial charge in [-0.1, -0.05) is 47.3 Å². The Morgan fingerprint density at radius 2 is 2.04 bits per heavy atom. The number of para-hydroxylation sites is 1. The number of aryl methyl sites for hydroxylation is 1. The van der Waals surface area contributed by atoms with E-state index in [1.165, 1.54) is 5.56 Å². The van der Waals surface area contributed by atoms with Crippen molar-refractivity contribution in [1.29, 1.82) is 0 Å². The maximum atomic E-state index is 5.40. The molecule has 0 radical (unpaired) electrons. The molecule has 27 heavy (non-hydrogen) atoms. The minimum atomic E-state index is 0.542. The third-order valence-corrected chi connectivity index (χ3v) is 5.05. The summed E-state index contributed by atoms with van der Waals surface area (Å²) in [5.41, 5.74) is 3.16. The first kappa shape index (κ1) is 17.4. The Labute approximate surface area is 161 Å². The minimum absolute atomic E-state index is 0.542. The van der Waals surface area contributed by atoms with Gasteiger partial charge in [-0.3, -0.25) is 4.57 Å². The van der Waals surface area contributed by atoms with Crippen molar-refractivity contribution >= 4 is 11.8 Å². The third-order valence-electron chi connectivity index (χ3n) is 4.10. The zero-order valence-electron chi connectivity index (χ0n) is 15.0. The van der Waals surface area contributed by atoms with Crippen molar-refractivity contribution in [1.82, 2.24) is 19.7 Å². The van der Waals surface area contributed by atoms with Crippen molar-refractivity contribution < 1.29 is 9.26 Å². The van der Waals surface area contributed by atoms with Crippen LogP contribution in [0.2, 0.25) is 0 Å². The molecule has 2 aromatic heterocycles. The second-order valence-electron chi connectivity index (χ2n) is 5.90. The van der Waals surface area contributed by atoms with Crippen LogP contribution in [-0.2, 0) is 5.75 Å². The lowest BCUT2D eigenvalue weighted by molar-refractivity contribution is 0.391. The second kappa shape index (κ2) is 7.67. The molecule has 0 amide bonds. The predicted molar refractivity (Wildman–Crippen MR) is 104 cm³/mol. The minimum Gasteiger partial charge on any atom is -0.497 e. The van der Waals surface area contributed by atoms with Crippen molar-refractivity contribution in [2.24, 2.45) is 0 Å². The lowest BCUT2D eigenvalue weighted by Gasteiger charge is -2.09. The Bertz CT molecular complexity index is 1060. The van der Waals surface area contributed by atoms with E-state index in [1.54, 1.807) is 25.1 Å². The summed E-state index contributed by atoms with van der Waals surface area (Å²) in [5.74, 6) is 2.40. The van der Waals surface area contributed by atoms with Gasteiger partial charge in [0.25, 0.3) is 0 Å². The average Bonchev–Trinajstić information content (AvgIpc) is 3.36. The molecule has 0 aliphatic heterocycles. The van der Waals surface area contributed by atoms with Crippen molar-refractivity contribution in [2.75, 3.05) is 7.11 Å². The Balaban J connectivity index is 1.50. The van der Waals surface area contributed by atoms with Gasteiger partial charge in [0.15, 0.2) is 5.16 Å². The Morgan fingerprint density at radius 1 is 1.15 bits per heavy atom. The quantitative estimate of drug-likeness (QED) is 0.459. The fourth-order valence-corrected chi connectivity index (χ4v) is 3.54. The van der Waals surface area contributed by atoms with E-state index in [4.69, 9.17) is 9.26 Å². The molecule has 4 aromatic rings. The molecule has 0 aliphatic rings. The summed E-state index contributed by atoms with van der Waals surface area (Å²) in [5, 5.41) is 4.95. The van der Waals surface area contributed by atoms with Crippen LogP contribution in [0.5, 0.6) is 5.75 Å². The normalized spacial score (nSPS) is 10.9. The number of imidazole rings is 1. The molecule has 7 heteroatoms. The summed E-state index contributed by atoms with van der Waals surface area (Å²) >= 11 is 1.56. The van der Waals surface area contributed by atoms with Crippen molar-refractivity contribution in [3.05, 3.63) is 72.4 Å². The first-order valence-electron chi connectivity index (χ1n) is 8.44. The second-order valence-corrected chi connectivity index (χ2v) is 6.84. The first-order valence-corrected chi connectivity index (χ1v) is 9.42. The van der Waals surface area contributed by atoms with Gasteiger partial charge in [0.1, 0.15) is 5.75 Å². The molecule has 0 atom stereocenters. The number of hydrogen-bond acceptors (Lipinski definition) is 6. The number of aromatic nitrogens is 4. The SMILES string of the molecule is COc1cccc(-c2noc(CSc3nccn3-c3ccccc3C)n2)c1. The van der Waals surface area contributed by atoms with Crippen molar-refractivity contribution in [3.8, 4) is 22.8 Å². The molecule has 0 unspecified atom stereocenters. The van der Waals surface area contributed by atoms with Gasteiger partial charge in [0, 0.05) is 18.0 Å². The largest absolute Gasteiger partial charge is 0.497 e. The standard InChI is InChI=1S/C20H18N4O2S/c1-14-6-3-4-9-17(14)24-11-10-21-20(24)27-13-18-22-19(23-26-18)15-7-5-8-16(12-15)25-2/h3-12H,13H2,1-2H3. The Kier molecular flexibility index (Phi) is 4.93. The molecule has 4 rings (SSSR count). The number of nitrogens with zero attached hydrogens (tertiary/aromatic N) is 4. The lowest BCUT2D eigenvalue weighted by Crippen LogP contribution is -1.97. The summed E-state index contributed by atoms with van der Waals surface area (Å²) in [6.45, 7) is 2.09. The van der Waals surface area contributed by atoms with E-state index in [0.29, 0.717) is 17.5 Å². The molecular weight excluding hydrogens is 360 g/mol. The molecule has 0 fully saturated rings. The fraction of sp³-hybridized carbons (Fsp3) is 0.150. The summed E-state index contributed by atoms with van der Waals surface area (Å²) in [4.78, 5) is 8.94. The average molecular weight is 378 g/mol. The summed E-state index contributed by atoms with van der Waals surface area (Å²) in [6, 6.07) is 15.8. The van der Waals surface area contributed by atoms with Gasteiger partial charge in [0.2, 0.25) is 11.7 Å². The summed E-state index contributed by atoms with van der Waals surface area (Å²) in [6.07, 6.45) is 3.75. The summed E-state index contributed by atoms with van der Waals surface area (Å²) in [7, 11) is 1.63. The smallest absolute Gasteiger partial charge is 0.237 e. The zero-order chi connectivity index (χ0) is 18.6. The maximum absolute atomic E-state index is 5.40. The fourth-order valence-electron chi connectivity index (χ4n) is 2.73. The number of rotatable bonds is 6. The van der Waals surface area contributed by atoms with E-state index in [0.717, 1.165) is 22.2 Å². The van der Waals surface area contributed by atoms with Crippen LogP contribution in [-0.4, -0.2) is 26.8 Å². The molecule has 0 saturated heterocycles. The van der Waals surface area contributed by atoms with Gasteiger partial charge >= 0.3 is 0 Å². The van der Waals surface area contributed by atoms with Crippen molar-refractivity contribution in [3.63, 3.8) is 0 Å². The highest BCUT2D eigenvalue weighted by molar-refractivity contribution is 7.98. The van der Waals surface area contributed by atoms with Gasteiger partial charge in [-0.05, 0) is 30.7 Å². The molecule has 2 heterocycles. The maximum Gasteiger partial charge on any atom is 0.237 e. The van der Waals surface area contributed by atoms with Gasteiger partial charge in [-0.2, -0.15) is 4.98 Å². The molecule has 0 aliphatic carbocycles. The van der Waals surface area contributed by atoms with E-state index < -0.39 is 0 Å². The molecule has 0 spiro atoms. The van der Waals surface area contributed by atoms with Crippen LogP contribution in [0.3, 0.4) is 0 Å². The van der Waals surface area contributed by atoms with Crippen LogP contribution in [0.15, 0.2) is 70.6 Å². The van der Waals surface area contributed by atoms with E-state index in [2.05, 4.69) is 38.7 Å². The molecule has 0 saturated carbocycles. The molecular formula is C20H18N4O2S. The van der Waals surface area contributed by atoms with E-state index in [1.807, 2.05) is 42.6 Å². The van der Waals surface area contributed by atoms with Crippen LogP contribution in [0, 0.1) is 6.92 Å². The highest BCUT2D eigenvalue weighted by Crippen LogP contribution is 2.26. The van der Waals surface area contributed by atoms with Gasteiger partial charge in [0.05, 0.1) is 18.6 Å². The van der Waals surface area contributed by atoms with Crippen LogP contribution in [0.25, 0.3) is 17.1 Å². The van der Waals surface area contributed by atoms with Gasteiger partial charge < -0.3 is 9.26 Å². The van der Waals surface area contributed by atoms with Gasteiger partial charge in [-0.25, -0.2) is 4.98 Å². The highest BCUT2D eigenvalue weighted by atomic mass is 32.2. The third kappa shape index (κ3) is 3.73. The number of methoxy groups -OCH3 is 1. The summed E-state index contributed by atoms with van der Waals surface area (Å²) < 4.78 is 12.7. The molecule has 2 aromatic carbocycles. The molecule has 0 bridgehead atoms. The highest BCUT2D eigenvalue weighted by Gasteiger charge is 2.13. The zero-order valence-corrected chi connectivity index (χ0v) is 15.8. The lowest BCUT2D eigenvalue weighted by atomic mass is 10.2. The molecule has 6 nitrogen and oxygen atoms in total. The molecule has 0 N–H and O–H groups in total. The predicted octanol–water partition coefficient (Wildman–Crippen LogP) is 4.53. The topological polar surface area (TPSA) is 66.0 Å². The Hall–Kier alpha value is -3.06. The number of hydrogen-bond donors (Lipinski definition) is 0. The monoisotopic (exact) mass is 378 g/mol. The number of benzene rings is 2. The van der Waals surface area contributed by atoms with E-state index in [9.17, 15) is 0 Å². The Morgan fingerprint density at radius 3 is 2.89 bits per heavy atom. The van der Waals surface area contributed by atoms with Crippen LogP contribution >= 0.6 is 11.8 Å². The van der Waals surface area contributed by atoms with Crippen molar-refractivity contribution in [2.45, 2.75) is 17.8 Å². The van der Waals surface area contributed by atoms with Crippen LogP contribution < -0.4 is 4.74 Å². The molecule has 136 valence electrons. The number of ether oxygens (including phenoxy) is 1. The van der Waals surface area contributed by atoms with Crippen LogP contribution in [0.4, 0.5) is 0 Å². The van der Waals surface area contributed by atoms with Gasteiger partial charge in [-0.15, -0.1) is 0 Å². The number of thioether (sulfide) groups is 1. The first-order chi connectivity index (χ1) is 13.2. The van der Waals surface area contributed by atoms with E-state index >= 15 is 0 Å². The van der Waals surface area contributed by atoms with E-state index in [-0.39, 0.29) is 0 Å². The van der Waals surface area contributed by atoms with Crippen LogP contribution in [0.1, 0.15) is 11.5 Å².